The van der Waals surface area contributed by atoms with E-state index in [-0.39, 0.29) is 21.2 Å². The van der Waals surface area contributed by atoms with Gasteiger partial charge in [-0.25, -0.2) is 4.79 Å². The number of carbonyl (C=O) groups excluding carboxylic acids is 1. The Morgan fingerprint density at radius 2 is 2.21 bits per heavy atom. The molecule has 5 heteroatoms. The molecule has 4 atom stereocenters. The second kappa shape index (κ2) is 3.19. The Labute approximate surface area is 99.8 Å². The highest BCUT2D eigenvalue weighted by atomic mass is 79.9. The highest BCUT2D eigenvalue weighted by Crippen LogP contribution is 2.55. The molecule has 3 nitrogen and oxygen atoms in total. The van der Waals surface area contributed by atoms with E-state index in [1.165, 1.54) is 7.11 Å². The highest BCUT2D eigenvalue weighted by Gasteiger charge is 2.69. The molecule has 0 aromatic carbocycles. The van der Waals surface area contributed by atoms with Gasteiger partial charge in [0, 0.05) is 15.6 Å². The number of hydrogen-bond donors (Lipinski definition) is 0. The number of carbonyl (C=O) groups is 1. The topological polar surface area (TPSA) is 38.8 Å². The number of rotatable bonds is 1. The number of alkyl halides is 2. The lowest BCUT2D eigenvalue weighted by Crippen LogP contribution is -2.44. The van der Waals surface area contributed by atoms with Crippen LogP contribution < -0.4 is 0 Å². The number of hydrogen-bond acceptors (Lipinski definition) is 3. The van der Waals surface area contributed by atoms with Crippen molar-refractivity contribution in [2.24, 2.45) is 0 Å². The van der Waals surface area contributed by atoms with Crippen LogP contribution in [-0.4, -0.2) is 33.9 Å². The number of fused-ring (bicyclic) bond motifs is 1. The van der Waals surface area contributed by atoms with Gasteiger partial charge in [-0.05, 0) is 13.3 Å². The van der Waals surface area contributed by atoms with Crippen LogP contribution in [0.5, 0.6) is 0 Å². The summed E-state index contributed by atoms with van der Waals surface area (Å²) in [7, 11) is 1.40. The van der Waals surface area contributed by atoms with Crippen molar-refractivity contribution in [1.29, 1.82) is 0 Å². The van der Waals surface area contributed by atoms with Crippen LogP contribution in [0, 0.1) is 0 Å². The Morgan fingerprint density at radius 3 is 2.79 bits per heavy atom. The van der Waals surface area contributed by atoms with Crippen LogP contribution in [0.25, 0.3) is 0 Å². The van der Waals surface area contributed by atoms with E-state index in [0.29, 0.717) is 6.42 Å². The van der Waals surface area contributed by atoms with E-state index in [0.717, 1.165) is 6.42 Å². The first-order valence-electron chi connectivity index (χ1n) is 4.51. The molecular weight excluding hydrogens is 316 g/mol. The Hall–Kier alpha value is 0.390. The van der Waals surface area contributed by atoms with E-state index in [1.807, 2.05) is 0 Å². The normalized spacial score (nSPS) is 50.9. The van der Waals surface area contributed by atoms with Gasteiger partial charge in [0.15, 0.2) is 5.60 Å². The summed E-state index contributed by atoms with van der Waals surface area (Å²) in [5, 5.41) is 0. The van der Waals surface area contributed by atoms with E-state index >= 15 is 0 Å². The molecule has 2 aliphatic rings. The van der Waals surface area contributed by atoms with E-state index in [2.05, 4.69) is 38.8 Å². The predicted molar refractivity (Wildman–Crippen MR) is 58.9 cm³/mol. The molecule has 0 spiro atoms. The van der Waals surface area contributed by atoms with Crippen molar-refractivity contribution >= 4 is 37.8 Å². The predicted octanol–water partition coefficient (Wildman–Crippen LogP) is 2.01. The number of methoxy groups -OCH3 is 1. The summed E-state index contributed by atoms with van der Waals surface area (Å²) in [4.78, 5) is 11.7. The Kier molecular flexibility index (Phi) is 2.48. The first-order valence-corrected chi connectivity index (χ1v) is 6.22. The number of halogens is 2. The number of esters is 1. The third-order valence-corrected chi connectivity index (χ3v) is 5.89. The van der Waals surface area contributed by atoms with Gasteiger partial charge < -0.3 is 9.47 Å². The molecule has 0 radical (unpaired) electrons. The van der Waals surface area contributed by atoms with Gasteiger partial charge in [0.25, 0.3) is 0 Å². The summed E-state index contributed by atoms with van der Waals surface area (Å²) < 4.78 is 10.2. The van der Waals surface area contributed by atoms with Gasteiger partial charge in [0.1, 0.15) is 6.10 Å². The van der Waals surface area contributed by atoms with Crippen LogP contribution in [0.2, 0.25) is 0 Å². The molecular formula is C9H12Br2O3. The summed E-state index contributed by atoms with van der Waals surface area (Å²) in [6, 6.07) is 0. The van der Waals surface area contributed by atoms with E-state index in [4.69, 9.17) is 9.47 Å². The third kappa shape index (κ3) is 1.44. The van der Waals surface area contributed by atoms with Crippen molar-refractivity contribution in [3.63, 3.8) is 0 Å². The molecule has 0 bridgehead atoms. The van der Waals surface area contributed by atoms with E-state index < -0.39 is 5.60 Å². The molecule has 1 saturated carbocycles. The van der Waals surface area contributed by atoms with Crippen molar-refractivity contribution in [3.05, 3.63) is 0 Å². The lowest BCUT2D eigenvalue weighted by atomic mass is 9.82. The first-order chi connectivity index (χ1) is 6.42. The Morgan fingerprint density at radius 1 is 1.57 bits per heavy atom. The van der Waals surface area contributed by atoms with Crippen molar-refractivity contribution in [3.8, 4) is 0 Å². The smallest absolute Gasteiger partial charge is 0.340 e. The van der Waals surface area contributed by atoms with Gasteiger partial charge in [0.2, 0.25) is 0 Å². The lowest BCUT2D eigenvalue weighted by Gasteiger charge is -2.33. The fourth-order valence-electron chi connectivity index (χ4n) is 2.01. The van der Waals surface area contributed by atoms with E-state index in [9.17, 15) is 4.79 Å². The molecule has 2 rings (SSSR count). The quantitative estimate of drug-likeness (QED) is 0.420. The molecule has 1 heterocycles. The summed E-state index contributed by atoms with van der Waals surface area (Å²) in [6.45, 7) is 2.11. The first kappa shape index (κ1) is 10.9. The van der Waals surface area contributed by atoms with Gasteiger partial charge in [0.05, 0.1) is 7.11 Å². The molecule has 0 amide bonds. The Balaban J connectivity index is 2.14. The largest absolute Gasteiger partial charge is 0.467 e. The highest BCUT2D eigenvalue weighted by molar-refractivity contribution is 9.12. The maximum absolute atomic E-state index is 11.5. The van der Waals surface area contributed by atoms with Crippen LogP contribution in [-0.2, 0) is 14.3 Å². The lowest BCUT2D eigenvalue weighted by molar-refractivity contribution is -0.147. The maximum Gasteiger partial charge on any atom is 0.340 e. The SMILES string of the molecule is COC(=O)C12CC(Br)C(C)(Br)CC1O2. The van der Waals surface area contributed by atoms with Crippen LogP contribution in [0.1, 0.15) is 19.8 Å². The molecule has 1 aliphatic heterocycles. The van der Waals surface area contributed by atoms with Gasteiger partial charge in [-0.3, -0.25) is 0 Å². The van der Waals surface area contributed by atoms with Crippen molar-refractivity contribution in [2.75, 3.05) is 7.11 Å². The summed E-state index contributed by atoms with van der Waals surface area (Å²) in [5.41, 5.74) is -0.657. The zero-order valence-electron chi connectivity index (χ0n) is 8.05. The molecule has 14 heavy (non-hydrogen) atoms. The molecule has 2 fully saturated rings. The fourth-order valence-corrected chi connectivity index (χ4v) is 3.13. The van der Waals surface area contributed by atoms with Crippen molar-refractivity contribution in [2.45, 2.75) is 40.6 Å². The van der Waals surface area contributed by atoms with Gasteiger partial charge in [-0.2, -0.15) is 0 Å². The van der Waals surface area contributed by atoms with Gasteiger partial charge in [-0.1, -0.05) is 31.9 Å². The second-order valence-corrected chi connectivity index (χ2v) is 7.06. The number of ether oxygens (including phenoxy) is 2. The molecule has 80 valence electrons. The van der Waals surface area contributed by atoms with Crippen LogP contribution in [0.15, 0.2) is 0 Å². The number of epoxide rings is 1. The van der Waals surface area contributed by atoms with Crippen molar-refractivity contribution < 1.29 is 14.3 Å². The standard InChI is InChI=1S/C9H12Br2O3/c1-8(11)4-6-9(14-6,3-5(8)10)7(12)13-2/h5-6H,3-4H2,1-2H3. The average molecular weight is 328 g/mol. The molecule has 0 N–H and O–H groups in total. The summed E-state index contributed by atoms with van der Waals surface area (Å²) in [5.74, 6) is -0.241. The second-order valence-electron chi connectivity index (χ2n) is 4.14. The summed E-state index contributed by atoms with van der Waals surface area (Å²) in [6.07, 6.45) is 1.53. The third-order valence-electron chi connectivity index (χ3n) is 3.07. The fraction of sp³-hybridized carbons (Fsp3) is 0.889. The average Bonchev–Trinajstić information content (AvgIpc) is 2.77. The van der Waals surface area contributed by atoms with Crippen LogP contribution in [0.4, 0.5) is 0 Å². The molecule has 0 aromatic rings. The summed E-state index contributed by atoms with van der Waals surface area (Å²) >= 11 is 7.22. The monoisotopic (exact) mass is 326 g/mol. The molecule has 1 aliphatic carbocycles. The zero-order chi connectivity index (χ0) is 10.6. The van der Waals surface area contributed by atoms with Crippen molar-refractivity contribution in [1.82, 2.24) is 0 Å². The maximum atomic E-state index is 11.5. The van der Waals surface area contributed by atoms with Gasteiger partial charge in [-0.15, -0.1) is 0 Å². The minimum Gasteiger partial charge on any atom is -0.467 e. The molecule has 1 saturated heterocycles. The zero-order valence-corrected chi connectivity index (χ0v) is 11.2. The van der Waals surface area contributed by atoms with Gasteiger partial charge >= 0.3 is 5.97 Å². The van der Waals surface area contributed by atoms with E-state index in [1.54, 1.807) is 0 Å². The minimum absolute atomic E-state index is 0.00564. The molecule has 0 aromatic heterocycles. The molecule has 4 unspecified atom stereocenters. The van der Waals surface area contributed by atoms with Crippen LogP contribution in [0.3, 0.4) is 0 Å². The Bertz CT molecular complexity index is 279. The van der Waals surface area contributed by atoms with Crippen LogP contribution >= 0.6 is 31.9 Å². The minimum atomic E-state index is -0.657.